The Morgan fingerprint density at radius 2 is 2.41 bits per heavy atom. The van der Waals surface area contributed by atoms with Crippen LogP contribution in [0, 0.1) is 6.92 Å². The molecule has 5 heteroatoms. The van der Waals surface area contributed by atoms with Gasteiger partial charge in [-0.05, 0) is 26.3 Å². The molecule has 17 heavy (non-hydrogen) atoms. The van der Waals surface area contributed by atoms with Gasteiger partial charge in [0.2, 0.25) is 0 Å². The average Bonchev–Trinajstić information content (AvgIpc) is 2.64. The van der Waals surface area contributed by atoms with Gasteiger partial charge >= 0.3 is 5.97 Å². The molecule has 0 amide bonds. The molecule has 1 aromatic rings. The van der Waals surface area contributed by atoms with E-state index in [1.807, 2.05) is 13.8 Å². The number of carboxylic acids is 1. The average molecular weight is 236 g/mol. The number of carboxylic acid groups (broad SMARTS) is 1. The van der Waals surface area contributed by atoms with Gasteiger partial charge in [-0.15, -0.1) is 0 Å². The van der Waals surface area contributed by atoms with Crippen molar-refractivity contribution in [1.82, 2.24) is 4.98 Å². The summed E-state index contributed by atoms with van der Waals surface area (Å²) in [5.41, 5.74) is 1.62. The molecule has 0 bridgehead atoms. The van der Waals surface area contributed by atoms with Crippen molar-refractivity contribution in [2.45, 2.75) is 32.4 Å². The summed E-state index contributed by atoms with van der Waals surface area (Å²) in [5, 5.41) is 12.3. The number of anilines is 1. The molecule has 0 aromatic carbocycles. The Kier molecular flexibility index (Phi) is 3.28. The second-order valence-corrected chi connectivity index (χ2v) is 4.29. The Morgan fingerprint density at radius 1 is 1.65 bits per heavy atom. The number of nitrogens with one attached hydrogen (secondary N) is 1. The first-order valence-electron chi connectivity index (χ1n) is 5.66. The molecule has 92 valence electrons. The fourth-order valence-corrected chi connectivity index (χ4v) is 1.97. The molecule has 0 spiro atoms. The summed E-state index contributed by atoms with van der Waals surface area (Å²) in [5.74, 6) is -0.966. The van der Waals surface area contributed by atoms with Crippen LogP contribution in [0.25, 0.3) is 0 Å². The Balaban J connectivity index is 2.24. The molecule has 1 aromatic heterocycles. The Morgan fingerprint density at radius 3 is 3.00 bits per heavy atom. The van der Waals surface area contributed by atoms with Crippen LogP contribution < -0.4 is 5.32 Å². The van der Waals surface area contributed by atoms with Crippen LogP contribution in [0.1, 0.15) is 29.4 Å². The SMILES string of the molecule is Cc1cc(NC2CCOC2C)c(C(=O)O)cn1. The topological polar surface area (TPSA) is 71.5 Å². The highest BCUT2D eigenvalue weighted by Crippen LogP contribution is 2.22. The molecule has 1 aliphatic rings. The first-order valence-corrected chi connectivity index (χ1v) is 5.66. The molecular formula is C12H16N2O3. The zero-order chi connectivity index (χ0) is 12.4. The van der Waals surface area contributed by atoms with E-state index in [-0.39, 0.29) is 17.7 Å². The number of aryl methyl sites for hydroxylation is 1. The number of nitrogens with zero attached hydrogens (tertiary/aromatic N) is 1. The molecule has 2 unspecified atom stereocenters. The number of aromatic carboxylic acids is 1. The normalized spacial score (nSPS) is 23.6. The minimum atomic E-state index is -0.966. The lowest BCUT2D eigenvalue weighted by Crippen LogP contribution is -2.27. The fraction of sp³-hybridized carbons (Fsp3) is 0.500. The van der Waals surface area contributed by atoms with Gasteiger partial charge in [0.15, 0.2) is 0 Å². The van der Waals surface area contributed by atoms with Crippen molar-refractivity contribution in [3.63, 3.8) is 0 Å². The molecule has 1 aliphatic heterocycles. The van der Waals surface area contributed by atoms with Gasteiger partial charge in [0.05, 0.1) is 17.8 Å². The van der Waals surface area contributed by atoms with Crippen molar-refractivity contribution in [2.24, 2.45) is 0 Å². The van der Waals surface area contributed by atoms with Crippen LogP contribution in [-0.4, -0.2) is 34.8 Å². The van der Waals surface area contributed by atoms with E-state index in [2.05, 4.69) is 10.3 Å². The van der Waals surface area contributed by atoms with E-state index in [0.717, 1.165) is 12.1 Å². The summed E-state index contributed by atoms with van der Waals surface area (Å²) in [6.45, 7) is 4.54. The molecule has 0 aliphatic carbocycles. The lowest BCUT2D eigenvalue weighted by atomic mass is 10.1. The van der Waals surface area contributed by atoms with E-state index in [9.17, 15) is 4.79 Å². The van der Waals surface area contributed by atoms with Crippen molar-refractivity contribution in [3.05, 3.63) is 23.5 Å². The van der Waals surface area contributed by atoms with Gasteiger partial charge < -0.3 is 15.2 Å². The molecule has 1 fully saturated rings. The summed E-state index contributed by atoms with van der Waals surface area (Å²) in [6.07, 6.45) is 2.38. The van der Waals surface area contributed by atoms with E-state index in [0.29, 0.717) is 12.3 Å². The van der Waals surface area contributed by atoms with Gasteiger partial charge in [-0.3, -0.25) is 4.98 Å². The van der Waals surface area contributed by atoms with Crippen LogP contribution in [0.3, 0.4) is 0 Å². The highest BCUT2D eigenvalue weighted by atomic mass is 16.5. The van der Waals surface area contributed by atoms with Gasteiger partial charge in [-0.2, -0.15) is 0 Å². The van der Waals surface area contributed by atoms with Crippen molar-refractivity contribution >= 4 is 11.7 Å². The zero-order valence-electron chi connectivity index (χ0n) is 9.93. The third-order valence-corrected chi connectivity index (χ3v) is 2.99. The number of hydrogen-bond donors (Lipinski definition) is 2. The number of carbonyl (C=O) groups is 1. The van der Waals surface area contributed by atoms with Gasteiger partial charge in [-0.1, -0.05) is 0 Å². The minimum Gasteiger partial charge on any atom is -0.478 e. The van der Waals surface area contributed by atoms with E-state index >= 15 is 0 Å². The third-order valence-electron chi connectivity index (χ3n) is 2.99. The standard InChI is InChI=1S/C12H16N2O3/c1-7-5-11(9(6-13-7)12(15)16)14-10-3-4-17-8(10)2/h5-6,8,10H,3-4H2,1-2H3,(H,13,14)(H,15,16). The van der Waals surface area contributed by atoms with Gasteiger partial charge in [-0.25, -0.2) is 4.79 Å². The van der Waals surface area contributed by atoms with E-state index in [1.54, 1.807) is 6.07 Å². The molecule has 0 radical (unpaired) electrons. The van der Waals surface area contributed by atoms with E-state index < -0.39 is 5.97 Å². The molecule has 5 nitrogen and oxygen atoms in total. The second-order valence-electron chi connectivity index (χ2n) is 4.29. The number of pyridine rings is 1. The first-order chi connectivity index (χ1) is 8.08. The van der Waals surface area contributed by atoms with Gasteiger partial charge in [0.1, 0.15) is 5.56 Å². The van der Waals surface area contributed by atoms with E-state index in [1.165, 1.54) is 6.20 Å². The Hall–Kier alpha value is -1.62. The molecule has 2 heterocycles. The quantitative estimate of drug-likeness (QED) is 0.835. The summed E-state index contributed by atoms with van der Waals surface area (Å²) >= 11 is 0. The molecule has 2 rings (SSSR count). The lowest BCUT2D eigenvalue weighted by molar-refractivity contribution is 0.0697. The van der Waals surface area contributed by atoms with Crippen LogP contribution in [0.4, 0.5) is 5.69 Å². The van der Waals surface area contributed by atoms with Crippen LogP contribution in [0.2, 0.25) is 0 Å². The lowest BCUT2D eigenvalue weighted by Gasteiger charge is -2.18. The maximum Gasteiger partial charge on any atom is 0.339 e. The Bertz CT molecular complexity index is 434. The highest BCUT2D eigenvalue weighted by molar-refractivity contribution is 5.93. The number of aromatic nitrogens is 1. The Labute approximate surface area is 99.8 Å². The van der Waals surface area contributed by atoms with Crippen LogP contribution >= 0.6 is 0 Å². The number of rotatable bonds is 3. The molecule has 1 saturated heterocycles. The molecular weight excluding hydrogens is 220 g/mol. The summed E-state index contributed by atoms with van der Waals surface area (Å²) in [4.78, 5) is 15.1. The largest absolute Gasteiger partial charge is 0.478 e. The highest BCUT2D eigenvalue weighted by Gasteiger charge is 2.25. The van der Waals surface area contributed by atoms with E-state index in [4.69, 9.17) is 9.84 Å². The maximum atomic E-state index is 11.1. The smallest absolute Gasteiger partial charge is 0.339 e. The first kappa shape index (κ1) is 11.9. The van der Waals surface area contributed by atoms with Crippen LogP contribution in [0.5, 0.6) is 0 Å². The van der Waals surface area contributed by atoms with Crippen LogP contribution in [-0.2, 0) is 4.74 Å². The molecule has 2 atom stereocenters. The predicted octanol–water partition coefficient (Wildman–Crippen LogP) is 1.68. The van der Waals surface area contributed by atoms with Crippen molar-refractivity contribution in [2.75, 3.05) is 11.9 Å². The predicted molar refractivity (Wildman–Crippen MR) is 63.4 cm³/mol. The maximum absolute atomic E-state index is 11.1. The zero-order valence-corrected chi connectivity index (χ0v) is 9.93. The number of ether oxygens (including phenoxy) is 1. The monoisotopic (exact) mass is 236 g/mol. The number of hydrogen-bond acceptors (Lipinski definition) is 4. The van der Waals surface area contributed by atoms with Crippen molar-refractivity contribution in [1.29, 1.82) is 0 Å². The van der Waals surface area contributed by atoms with Crippen molar-refractivity contribution in [3.8, 4) is 0 Å². The summed E-state index contributed by atoms with van der Waals surface area (Å²) in [7, 11) is 0. The summed E-state index contributed by atoms with van der Waals surface area (Å²) < 4.78 is 5.44. The second kappa shape index (κ2) is 4.71. The third kappa shape index (κ3) is 2.55. The van der Waals surface area contributed by atoms with Crippen molar-refractivity contribution < 1.29 is 14.6 Å². The summed E-state index contributed by atoms with van der Waals surface area (Å²) in [6, 6.07) is 1.92. The van der Waals surface area contributed by atoms with Crippen LogP contribution in [0.15, 0.2) is 12.3 Å². The minimum absolute atomic E-state index is 0.102. The van der Waals surface area contributed by atoms with Gasteiger partial charge in [0, 0.05) is 18.5 Å². The molecule has 2 N–H and O–H groups in total. The molecule has 0 saturated carbocycles. The fourth-order valence-electron chi connectivity index (χ4n) is 1.97. The van der Waals surface area contributed by atoms with Gasteiger partial charge in [0.25, 0.3) is 0 Å².